The second kappa shape index (κ2) is 5.48. The molecular formula is C16H21N3O2. The van der Waals surface area contributed by atoms with Crippen molar-refractivity contribution < 1.29 is 9.63 Å². The van der Waals surface area contributed by atoms with E-state index in [4.69, 9.17) is 10.3 Å². The summed E-state index contributed by atoms with van der Waals surface area (Å²) in [5.74, 6) is 1.69. The molecule has 3 N–H and O–H groups in total. The van der Waals surface area contributed by atoms with Gasteiger partial charge < -0.3 is 15.4 Å². The van der Waals surface area contributed by atoms with Gasteiger partial charge in [-0.1, -0.05) is 18.0 Å². The Balaban J connectivity index is 1.91. The van der Waals surface area contributed by atoms with Crippen LogP contribution in [0, 0.1) is 13.8 Å². The molecule has 0 spiro atoms. The zero-order valence-corrected chi connectivity index (χ0v) is 12.5. The van der Waals surface area contributed by atoms with E-state index in [9.17, 15) is 5.11 Å². The third kappa shape index (κ3) is 2.65. The van der Waals surface area contributed by atoms with Gasteiger partial charge in [0.2, 0.25) is 11.7 Å². The van der Waals surface area contributed by atoms with E-state index in [-0.39, 0.29) is 12.0 Å². The van der Waals surface area contributed by atoms with Crippen LogP contribution in [0.25, 0.3) is 11.4 Å². The van der Waals surface area contributed by atoms with Crippen LogP contribution in [0.15, 0.2) is 16.7 Å². The molecule has 0 saturated heterocycles. The molecule has 0 bridgehead atoms. The zero-order chi connectivity index (χ0) is 15.0. The first-order valence-corrected chi connectivity index (χ1v) is 7.46. The molecule has 1 aliphatic carbocycles. The number of benzene rings is 1. The summed E-state index contributed by atoms with van der Waals surface area (Å²) in [7, 11) is 0. The number of aromatic nitrogens is 2. The molecule has 1 saturated carbocycles. The Morgan fingerprint density at radius 2 is 1.86 bits per heavy atom. The number of nitrogens with two attached hydrogens (primary N) is 1. The number of nitrogens with zero attached hydrogens (tertiary/aromatic N) is 2. The maximum atomic E-state index is 9.84. The average molecular weight is 287 g/mol. The van der Waals surface area contributed by atoms with Gasteiger partial charge in [-0.15, -0.1) is 0 Å². The first-order valence-electron chi connectivity index (χ1n) is 7.46. The number of phenols is 1. The Kier molecular flexibility index (Phi) is 3.68. The van der Waals surface area contributed by atoms with E-state index < -0.39 is 0 Å². The minimum atomic E-state index is 0.107. The van der Waals surface area contributed by atoms with Crippen molar-refractivity contribution >= 4 is 0 Å². The lowest BCUT2D eigenvalue weighted by Crippen LogP contribution is -2.31. The second-order valence-corrected chi connectivity index (χ2v) is 5.97. The van der Waals surface area contributed by atoms with Crippen LogP contribution in [0.4, 0.5) is 0 Å². The second-order valence-electron chi connectivity index (χ2n) is 5.97. The largest absolute Gasteiger partial charge is 0.507 e. The van der Waals surface area contributed by atoms with Crippen LogP contribution >= 0.6 is 0 Å². The van der Waals surface area contributed by atoms with Crippen molar-refractivity contribution in [2.45, 2.75) is 51.5 Å². The summed E-state index contributed by atoms with van der Waals surface area (Å²) in [5.41, 5.74) is 8.65. The van der Waals surface area contributed by atoms with E-state index in [2.05, 4.69) is 10.1 Å². The minimum Gasteiger partial charge on any atom is -0.507 e. The van der Waals surface area contributed by atoms with E-state index in [1.54, 1.807) is 0 Å². The highest BCUT2D eigenvalue weighted by molar-refractivity contribution is 5.60. The molecule has 1 aromatic heterocycles. The Hall–Kier alpha value is -1.88. The normalized spacial score (nSPS) is 22.4. The van der Waals surface area contributed by atoms with Gasteiger partial charge in [0.1, 0.15) is 5.75 Å². The summed E-state index contributed by atoms with van der Waals surface area (Å²) in [6.07, 6.45) is 4.36. The van der Waals surface area contributed by atoms with Crippen LogP contribution in [0.1, 0.15) is 48.6 Å². The van der Waals surface area contributed by atoms with E-state index in [1.807, 2.05) is 26.0 Å². The molecule has 2 unspecified atom stereocenters. The lowest BCUT2D eigenvalue weighted by atomic mass is 9.85. The van der Waals surface area contributed by atoms with Gasteiger partial charge in [0.25, 0.3) is 0 Å². The number of aryl methyl sites for hydroxylation is 2. The molecule has 1 heterocycles. The predicted molar refractivity (Wildman–Crippen MR) is 80.1 cm³/mol. The van der Waals surface area contributed by atoms with Gasteiger partial charge in [0.05, 0.1) is 5.92 Å². The summed E-state index contributed by atoms with van der Waals surface area (Å²) in [6.45, 7) is 3.73. The number of hydrogen-bond acceptors (Lipinski definition) is 5. The van der Waals surface area contributed by atoms with Crippen LogP contribution in [-0.4, -0.2) is 21.3 Å². The highest BCUT2D eigenvalue weighted by Gasteiger charge is 2.28. The summed E-state index contributed by atoms with van der Waals surface area (Å²) < 4.78 is 5.44. The average Bonchev–Trinajstić information content (AvgIpc) is 2.94. The number of aromatic hydroxyl groups is 1. The summed E-state index contributed by atoms with van der Waals surface area (Å²) in [6, 6.07) is 3.85. The van der Waals surface area contributed by atoms with Gasteiger partial charge in [-0.25, -0.2) is 0 Å². The van der Waals surface area contributed by atoms with Crippen molar-refractivity contribution in [2.75, 3.05) is 0 Å². The monoisotopic (exact) mass is 287 g/mol. The molecule has 21 heavy (non-hydrogen) atoms. The smallest absolute Gasteiger partial charge is 0.231 e. The molecule has 0 aliphatic heterocycles. The minimum absolute atomic E-state index is 0.107. The predicted octanol–water partition coefficient (Wildman–Crippen LogP) is 3.04. The fourth-order valence-corrected chi connectivity index (χ4v) is 3.05. The fourth-order valence-electron chi connectivity index (χ4n) is 3.05. The van der Waals surface area contributed by atoms with E-state index >= 15 is 0 Å². The zero-order valence-electron chi connectivity index (χ0n) is 12.5. The first kappa shape index (κ1) is 14.1. The fraction of sp³-hybridized carbons (Fsp3) is 0.500. The van der Waals surface area contributed by atoms with Crippen molar-refractivity contribution in [2.24, 2.45) is 5.73 Å². The molecular weight excluding hydrogens is 266 g/mol. The van der Waals surface area contributed by atoms with Crippen molar-refractivity contribution in [1.82, 2.24) is 10.1 Å². The molecule has 112 valence electrons. The molecule has 2 aromatic rings. The quantitative estimate of drug-likeness (QED) is 0.886. The highest BCUT2D eigenvalue weighted by Crippen LogP contribution is 2.33. The van der Waals surface area contributed by atoms with E-state index in [0.29, 0.717) is 17.5 Å². The Labute approximate surface area is 124 Å². The molecule has 0 radical (unpaired) electrons. The van der Waals surface area contributed by atoms with Crippen LogP contribution < -0.4 is 5.73 Å². The van der Waals surface area contributed by atoms with Crippen molar-refractivity contribution in [3.05, 3.63) is 29.2 Å². The molecule has 0 amide bonds. The van der Waals surface area contributed by atoms with E-state index in [1.165, 1.54) is 6.42 Å². The van der Waals surface area contributed by atoms with Gasteiger partial charge in [-0.05, 0) is 49.9 Å². The van der Waals surface area contributed by atoms with Crippen LogP contribution in [0.2, 0.25) is 0 Å². The number of phenolic OH excluding ortho intramolecular Hbond substituents is 1. The van der Waals surface area contributed by atoms with Crippen molar-refractivity contribution in [3.8, 4) is 17.1 Å². The van der Waals surface area contributed by atoms with Gasteiger partial charge in [-0.2, -0.15) is 4.98 Å². The van der Waals surface area contributed by atoms with Gasteiger partial charge in [0.15, 0.2) is 0 Å². The number of hydrogen-bond donors (Lipinski definition) is 2. The molecule has 5 heteroatoms. The maximum Gasteiger partial charge on any atom is 0.231 e. The summed E-state index contributed by atoms with van der Waals surface area (Å²) >= 11 is 0. The molecule has 2 atom stereocenters. The number of rotatable bonds is 2. The third-order valence-corrected chi connectivity index (χ3v) is 4.33. The van der Waals surface area contributed by atoms with Gasteiger partial charge >= 0.3 is 0 Å². The van der Waals surface area contributed by atoms with Crippen LogP contribution in [0.5, 0.6) is 5.75 Å². The molecule has 1 aromatic carbocycles. The topological polar surface area (TPSA) is 85.2 Å². The molecule has 1 aliphatic rings. The van der Waals surface area contributed by atoms with Gasteiger partial charge in [-0.3, -0.25) is 0 Å². The standard InChI is InChI=1S/C16H21N3O2/c1-9-7-11(8-10(2)14(9)20)15-18-16(21-19-15)12-5-3-4-6-13(12)17/h7-8,12-13,20H,3-6,17H2,1-2H3. The molecule has 5 nitrogen and oxygen atoms in total. The highest BCUT2D eigenvalue weighted by atomic mass is 16.5. The summed E-state index contributed by atoms with van der Waals surface area (Å²) in [4.78, 5) is 4.53. The third-order valence-electron chi connectivity index (χ3n) is 4.33. The molecule has 3 rings (SSSR count). The van der Waals surface area contributed by atoms with E-state index in [0.717, 1.165) is 36.0 Å². The Morgan fingerprint density at radius 1 is 1.19 bits per heavy atom. The lowest BCUT2D eigenvalue weighted by Gasteiger charge is -2.25. The lowest BCUT2D eigenvalue weighted by molar-refractivity contribution is 0.290. The van der Waals surface area contributed by atoms with Crippen molar-refractivity contribution in [1.29, 1.82) is 0 Å². The Bertz CT molecular complexity index is 628. The van der Waals surface area contributed by atoms with Crippen molar-refractivity contribution in [3.63, 3.8) is 0 Å². The summed E-state index contributed by atoms with van der Waals surface area (Å²) in [5, 5.41) is 13.9. The first-order chi connectivity index (χ1) is 10.1. The SMILES string of the molecule is Cc1cc(-c2noc(C3CCCCC3N)n2)cc(C)c1O. The molecule has 1 fully saturated rings. The van der Waals surface area contributed by atoms with Gasteiger partial charge in [0, 0.05) is 11.6 Å². The Morgan fingerprint density at radius 3 is 2.52 bits per heavy atom. The van der Waals surface area contributed by atoms with Crippen LogP contribution in [0.3, 0.4) is 0 Å². The van der Waals surface area contributed by atoms with Crippen LogP contribution in [-0.2, 0) is 0 Å². The maximum absolute atomic E-state index is 9.84.